The second kappa shape index (κ2) is 7.25. The smallest absolute Gasteiger partial charge is 0.257 e. The van der Waals surface area contributed by atoms with Crippen LogP contribution in [0.1, 0.15) is 53.4 Å². The standard InChI is InChI=1S/C17H19FN4O3S2/c18-13-7-6-12(10-14(13)27(24,25)22-8-2-1-3-9-22)15(23)19-17-21-20-16(26-17)11-4-5-11/h6-7,10-11H,1-5,8-9H2,(H,19,21,23). The zero-order chi connectivity index (χ0) is 19.0. The van der Waals surface area contributed by atoms with Crippen molar-refractivity contribution in [2.45, 2.75) is 42.9 Å². The van der Waals surface area contributed by atoms with Gasteiger partial charge < -0.3 is 0 Å². The molecule has 7 nitrogen and oxygen atoms in total. The number of piperidine rings is 1. The molecule has 1 aromatic heterocycles. The van der Waals surface area contributed by atoms with E-state index in [1.807, 2.05) is 0 Å². The Hall–Kier alpha value is -1.91. The molecule has 0 spiro atoms. The number of benzene rings is 1. The second-order valence-corrected chi connectivity index (χ2v) is 9.70. The predicted octanol–water partition coefficient (Wildman–Crippen LogP) is 2.98. The molecule has 27 heavy (non-hydrogen) atoms. The quantitative estimate of drug-likeness (QED) is 0.818. The molecular formula is C17H19FN4O3S2. The van der Waals surface area contributed by atoms with Gasteiger partial charge in [0, 0.05) is 24.6 Å². The van der Waals surface area contributed by atoms with Crippen molar-refractivity contribution in [1.29, 1.82) is 0 Å². The number of nitrogens with one attached hydrogen (secondary N) is 1. The molecule has 1 aromatic carbocycles. The molecule has 0 unspecified atom stereocenters. The average Bonchev–Trinajstić information content (AvgIpc) is 3.42. The summed E-state index contributed by atoms with van der Waals surface area (Å²) in [4.78, 5) is 12.0. The van der Waals surface area contributed by atoms with Gasteiger partial charge in [0.15, 0.2) is 0 Å². The molecule has 0 radical (unpaired) electrons. The van der Waals surface area contributed by atoms with Crippen molar-refractivity contribution in [1.82, 2.24) is 14.5 Å². The summed E-state index contributed by atoms with van der Waals surface area (Å²) in [6.07, 6.45) is 4.63. The third-order valence-electron chi connectivity index (χ3n) is 4.71. The number of amides is 1. The third-order valence-corrected chi connectivity index (χ3v) is 7.63. The summed E-state index contributed by atoms with van der Waals surface area (Å²) in [7, 11) is -3.97. The molecule has 1 amide bonds. The van der Waals surface area contributed by atoms with E-state index >= 15 is 0 Å². The molecule has 2 aromatic rings. The molecule has 1 saturated carbocycles. The van der Waals surface area contributed by atoms with Crippen LogP contribution >= 0.6 is 11.3 Å². The number of aromatic nitrogens is 2. The van der Waals surface area contributed by atoms with Crippen LogP contribution < -0.4 is 5.32 Å². The summed E-state index contributed by atoms with van der Waals surface area (Å²) < 4.78 is 41.1. The summed E-state index contributed by atoms with van der Waals surface area (Å²) >= 11 is 1.31. The van der Waals surface area contributed by atoms with E-state index in [1.165, 1.54) is 21.7 Å². The Morgan fingerprint density at radius 2 is 1.93 bits per heavy atom. The van der Waals surface area contributed by atoms with Gasteiger partial charge in [-0.15, -0.1) is 10.2 Å². The van der Waals surface area contributed by atoms with Gasteiger partial charge in [0.2, 0.25) is 15.2 Å². The van der Waals surface area contributed by atoms with Crippen molar-refractivity contribution in [3.05, 3.63) is 34.6 Å². The Kier molecular flexibility index (Phi) is 4.95. The molecule has 144 valence electrons. The van der Waals surface area contributed by atoms with Crippen LogP contribution in [0.25, 0.3) is 0 Å². The number of carbonyl (C=O) groups is 1. The van der Waals surface area contributed by atoms with Gasteiger partial charge in [0.1, 0.15) is 15.7 Å². The minimum atomic E-state index is -3.97. The topological polar surface area (TPSA) is 92.3 Å². The molecule has 1 aliphatic carbocycles. The number of hydrogen-bond donors (Lipinski definition) is 1. The Morgan fingerprint density at radius 1 is 1.19 bits per heavy atom. The van der Waals surface area contributed by atoms with Crippen molar-refractivity contribution in [2.75, 3.05) is 18.4 Å². The lowest BCUT2D eigenvalue weighted by atomic mass is 10.2. The first-order chi connectivity index (χ1) is 12.9. The van der Waals surface area contributed by atoms with Gasteiger partial charge >= 0.3 is 0 Å². The molecule has 1 N–H and O–H groups in total. The van der Waals surface area contributed by atoms with Crippen LogP contribution in [0, 0.1) is 5.82 Å². The largest absolute Gasteiger partial charge is 0.296 e. The summed E-state index contributed by atoms with van der Waals surface area (Å²) in [5.74, 6) is -0.965. The summed E-state index contributed by atoms with van der Waals surface area (Å²) in [5.41, 5.74) is 0.0650. The SMILES string of the molecule is O=C(Nc1nnc(C2CC2)s1)c1ccc(F)c(S(=O)(=O)N2CCCCC2)c1. The number of sulfonamides is 1. The highest BCUT2D eigenvalue weighted by Gasteiger charge is 2.30. The fourth-order valence-corrected chi connectivity index (χ4v) is 5.55. The summed E-state index contributed by atoms with van der Waals surface area (Å²) in [6, 6.07) is 3.38. The van der Waals surface area contributed by atoms with E-state index in [-0.39, 0.29) is 5.56 Å². The van der Waals surface area contributed by atoms with E-state index in [1.54, 1.807) is 0 Å². The van der Waals surface area contributed by atoms with Crippen molar-refractivity contribution >= 4 is 32.4 Å². The highest BCUT2D eigenvalue weighted by Crippen LogP contribution is 2.42. The van der Waals surface area contributed by atoms with Crippen LogP contribution in [0.2, 0.25) is 0 Å². The minimum absolute atomic E-state index is 0.0650. The molecule has 4 rings (SSSR count). The molecule has 2 aliphatic rings. The highest BCUT2D eigenvalue weighted by atomic mass is 32.2. The maximum Gasteiger partial charge on any atom is 0.257 e. The number of hydrogen-bond acceptors (Lipinski definition) is 6. The van der Waals surface area contributed by atoms with Crippen LogP contribution in [0.4, 0.5) is 9.52 Å². The zero-order valence-corrected chi connectivity index (χ0v) is 16.2. The fourth-order valence-electron chi connectivity index (χ4n) is 3.04. The summed E-state index contributed by atoms with van der Waals surface area (Å²) in [6.45, 7) is 0.736. The van der Waals surface area contributed by atoms with Crippen molar-refractivity contribution in [3.8, 4) is 0 Å². The first-order valence-corrected chi connectivity index (χ1v) is 11.2. The summed E-state index contributed by atoms with van der Waals surface area (Å²) in [5, 5.41) is 11.8. The normalized spacial score (nSPS) is 18.4. The van der Waals surface area contributed by atoms with Crippen molar-refractivity contribution < 1.29 is 17.6 Å². The van der Waals surface area contributed by atoms with Gasteiger partial charge in [-0.2, -0.15) is 4.31 Å². The van der Waals surface area contributed by atoms with E-state index in [0.29, 0.717) is 24.1 Å². The lowest BCUT2D eigenvalue weighted by Gasteiger charge is -2.26. The third kappa shape index (κ3) is 3.87. The Balaban J connectivity index is 1.56. The molecule has 10 heteroatoms. The molecule has 1 aliphatic heterocycles. The minimum Gasteiger partial charge on any atom is -0.296 e. The molecule has 1 saturated heterocycles. The van der Waals surface area contributed by atoms with Gasteiger partial charge in [-0.25, -0.2) is 12.8 Å². The number of rotatable bonds is 5. The van der Waals surface area contributed by atoms with Crippen LogP contribution in [0.3, 0.4) is 0 Å². The van der Waals surface area contributed by atoms with Gasteiger partial charge in [0.25, 0.3) is 5.91 Å². The first-order valence-electron chi connectivity index (χ1n) is 8.89. The molecular weight excluding hydrogens is 391 g/mol. The van der Waals surface area contributed by atoms with Gasteiger partial charge in [0.05, 0.1) is 0 Å². The maximum atomic E-state index is 14.3. The maximum absolute atomic E-state index is 14.3. The zero-order valence-electron chi connectivity index (χ0n) is 14.5. The van der Waals surface area contributed by atoms with Gasteiger partial charge in [-0.1, -0.05) is 17.8 Å². The fraction of sp³-hybridized carbons (Fsp3) is 0.471. The molecule has 2 heterocycles. The Bertz CT molecular complexity index is 966. The van der Waals surface area contributed by atoms with Crippen LogP contribution in [-0.2, 0) is 10.0 Å². The first kappa shape index (κ1) is 18.5. The number of halogens is 1. The second-order valence-electron chi connectivity index (χ2n) is 6.78. The lowest BCUT2D eigenvalue weighted by molar-refractivity contribution is 0.102. The lowest BCUT2D eigenvalue weighted by Crippen LogP contribution is -2.36. The number of nitrogens with zero attached hydrogens (tertiary/aromatic N) is 3. The molecule has 0 bridgehead atoms. The van der Waals surface area contributed by atoms with Crippen LogP contribution in [-0.4, -0.2) is 41.9 Å². The molecule has 0 atom stereocenters. The number of carbonyl (C=O) groups excluding carboxylic acids is 1. The van der Waals surface area contributed by atoms with Gasteiger partial charge in [-0.3, -0.25) is 10.1 Å². The number of anilines is 1. The monoisotopic (exact) mass is 410 g/mol. The van der Waals surface area contributed by atoms with E-state index in [2.05, 4.69) is 15.5 Å². The predicted molar refractivity (Wildman–Crippen MR) is 98.8 cm³/mol. The van der Waals surface area contributed by atoms with Crippen LogP contribution in [0.15, 0.2) is 23.1 Å². The molecule has 2 fully saturated rings. The average molecular weight is 410 g/mol. The Morgan fingerprint density at radius 3 is 2.63 bits per heavy atom. The Labute approximate surface area is 160 Å². The highest BCUT2D eigenvalue weighted by molar-refractivity contribution is 7.89. The van der Waals surface area contributed by atoms with Crippen molar-refractivity contribution in [2.24, 2.45) is 0 Å². The van der Waals surface area contributed by atoms with E-state index in [0.717, 1.165) is 49.2 Å². The van der Waals surface area contributed by atoms with Crippen LogP contribution in [0.5, 0.6) is 0 Å². The van der Waals surface area contributed by atoms with Crippen molar-refractivity contribution in [3.63, 3.8) is 0 Å². The van der Waals surface area contributed by atoms with E-state index < -0.39 is 26.6 Å². The van der Waals surface area contributed by atoms with E-state index in [9.17, 15) is 17.6 Å². The van der Waals surface area contributed by atoms with E-state index in [4.69, 9.17) is 0 Å². The van der Waals surface area contributed by atoms with Gasteiger partial charge in [-0.05, 0) is 43.9 Å².